The summed E-state index contributed by atoms with van der Waals surface area (Å²) in [7, 11) is 0. The zero-order valence-corrected chi connectivity index (χ0v) is 10.7. The topological polar surface area (TPSA) is 51.6 Å². The van der Waals surface area contributed by atoms with Gasteiger partial charge < -0.3 is 0 Å². The second-order valence-electron chi connectivity index (χ2n) is 4.17. The summed E-state index contributed by atoms with van der Waals surface area (Å²) in [5, 5.41) is 10.9. The predicted octanol–water partition coefficient (Wildman–Crippen LogP) is 3.26. The summed E-state index contributed by atoms with van der Waals surface area (Å²) in [6, 6.07) is 15.8. The number of nitrogens with zero attached hydrogens (tertiary/aromatic N) is 4. The number of fused-ring (bicyclic) bond motifs is 2. The fourth-order valence-corrected chi connectivity index (χ4v) is 1.84. The van der Waals surface area contributed by atoms with Gasteiger partial charge in [0.2, 0.25) is 0 Å². The number of benzene rings is 1. The molecule has 4 heteroatoms. The van der Waals surface area contributed by atoms with Crippen molar-refractivity contribution in [3.8, 4) is 0 Å². The van der Waals surface area contributed by atoms with Crippen molar-refractivity contribution < 1.29 is 0 Å². The van der Waals surface area contributed by atoms with Crippen LogP contribution in [0.15, 0.2) is 73.3 Å². The Bertz CT molecular complexity index is 628. The highest BCUT2D eigenvalue weighted by Gasteiger charge is 1.88. The Hall–Kier alpha value is -2.88. The number of hydrogen-bond donors (Lipinski definition) is 0. The van der Waals surface area contributed by atoms with Gasteiger partial charge in [-0.15, -0.1) is 0 Å². The quantitative estimate of drug-likeness (QED) is 0.487. The molecule has 4 aromatic rings. The molecule has 4 rings (SSSR count). The minimum Gasteiger partial charge on any atom is -0.237 e. The summed E-state index contributed by atoms with van der Waals surface area (Å²) in [6.07, 6.45) is 7.01. The molecule has 0 radical (unpaired) electrons. The summed E-state index contributed by atoms with van der Waals surface area (Å²) in [6.45, 7) is 0. The standard InChI is InChI=1S/2C8H6N2/c1-3-7-4-2-6-10-8(7)9-5-1;1-2-4-8-6-10-9-5-7(8)3-1/h2*1-6H. The Morgan fingerprint density at radius 2 is 1.05 bits per heavy atom. The van der Waals surface area contributed by atoms with Crippen molar-refractivity contribution in [1.82, 2.24) is 20.2 Å². The van der Waals surface area contributed by atoms with Crippen molar-refractivity contribution >= 4 is 21.8 Å². The van der Waals surface area contributed by atoms with Gasteiger partial charge in [0.25, 0.3) is 0 Å². The van der Waals surface area contributed by atoms with Crippen LogP contribution < -0.4 is 0 Å². The monoisotopic (exact) mass is 260 g/mol. The van der Waals surface area contributed by atoms with Crippen LogP contribution in [0, 0.1) is 0 Å². The maximum Gasteiger partial charge on any atom is 0.159 e. The van der Waals surface area contributed by atoms with Gasteiger partial charge in [-0.3, -0.25) is 0 Å². The Morgan fingerprint density at radius 3 is 1.55 bits per heavy atom. The van der Waals surface area contributed by atoms with E-state index in [0.717, 1.165) is 21.8 Å². The van der Waals surface area contributed by atoms with E-state index in [1.807, 2.05) is 48.5 Å². The van der Waals surface area contributed by atoms with Gasteiger partial charge in [-0.2, -0.15) is 10.2 Å². The number of rotatable bonds is 0. The van der Waals surface area contributed by atoms with E-state index in [2.05, 4.69) is 20.2 Å². The third-order valence-corrected chi connectivity index (χ3v) is 2.83. The first-order valence-electron chi connectivity index (χ1n) is 6.25. The van der Waals surface area contributed by atoms with Crippen LogP contribution >= 0.6 is 0 Å². The summed E-state index contributed by atoms with van der Waals surface area (Å²) in [5.74, 6) is 0. The number of pyridine rings is 2. The molecule has 0 fully saturated rings. The lowest BCUT2D eigenvalue weighted by molar-refractivity contribution is 1.05. The molecule has 0 atom stereocenters. The summed E-state index contributed by atoms with van der Waals surface area (Å²) >= 11 is 0. The van der Waals surface area contributed by atoms with Crippen molar-refractivity contribution in [3.63, 3.8) is 0 Å². The number of aromatic nitrogens is 4. The van der Waals surface area contributed by atoms with Gasteiger partial charge in [-0.1, -0.05) is 24.3 Å². The highest BCUT2D eigenvalue weighted by atomic mass is 15.1. The van der Waals surface area contributed by atoms with Crippen LogP contribution in [0.3, 0.4) is 0 Å². The van der Waals surface area contributed by atoms with E-state index in [9.17, 15) is 0 Å². The Balaban J connectivity index is 0.000000121. The highest BCUT2D eigenvalue weighted by Crippen LogP contribution is 2.08. The lowest BCUT2D eigenvalue weighted by atomic mass is 10.2. The molecule has 0 aliphatic carbocycles. The van der Waals surface area contributed by atoms with Gasteiger partial charge in [0.1, 0.15) is 0 Å². The maximum absolute atomic E-state index is 4.07. The van der Waals surface area contributed by atoms with Crippen molar-refractivity contribution in [3.05, 3.63) is 73.3 Å². The SMILES string of the molecule is c1ccc2cnncc2c1.c1cnc2ncccc2c1. The van der Waals surface area contributed by atoms with Crippen LogP contribution in [0.4, 0.5) is 0 Å². The first kappa shape index (κ1) is 12.2. The Labute approximate surface area is 116 Å². The van der Waals surface area contributed by atoms with Crippen LogP contribution in [0.5, 0.6) is 0 Å². The minimum atomic E-state index is 0.810. The molecule has 0 unspecified atom stereocenters. The van der Waals surface area contributed by atoms with E-state index in [1.54, 1.807) is 24.8 Å². The molecule has 0 bridgehead atoms. The van der Waals surface area contributed by atoms with Crippen LogP contribution in [0.1, 0.15) is 0 Å². The zero-order valence-electron chi connectivity index (χ0n) is 10.7. The van der Waals surface area contributed by atoms with E-state index >= 15 is 0 Å². The molecule has 0 N–H and O–H groups in total. The van der Waals surface area contributed by atoms with E-state index in [1.165, 1.54) is 0 Å². The smallest absolute Gasteiger partial charge is 0.159 e. The maximum atomic E-state index is 4.07. The lowest BCUT2D eigenvalue weighted by Crippen LogP contribution is -1.78. The van der Waals surface area contributed by atoms with E-state index < -0.39 is 0 Å². The third kappa shape index (κ3) is 2.75. The van der Waals surface area contributed by atoms with Gasteiger partial charge in [0.15, 0.2) is 5.65 Å². The van der Waals surface area contributed by atoms with Crippen molar-refractivity contribution in [2.75, 3.05) is 0 Å². The molecule has 3 heterocycles. The van der Waals surface area contributed by atoms with E-state index in [0.29, 0.717) is 0 Å². The van der Waals surface area contributed by atoms with E-state index in [-0.39, 0.29) is 0 Å². The summed E-state index contributed by atoms with van der Waals surface area (Å²) < 4.78 is 0. The normalized spacial score (nSPS) is 10.0. The fourth-order valence-electron chi connectivity index (χ4n) is 1.84. The van der Waals surface area contributed by atoms with Gasteiger partial charge in [0.05, 0.1) is 12.4 Å². The molecule has 20 heavy (non-hydrogen) atoms. The molecule has 0 aliphatic heterocycles. The molecule has 4 nitrogen and oxygen atoms in total. The summed E-state index contributed by atoms with van der Waals surface area (Å²) in [5.41, 5.74) is 0.810. The van der Waals surface area contributed by atoms with Gasteiger partial charge in [0, 0.05) is 28.6 Å². The first-order valence-corrected chi connectivity index (χ1v) is 6.25. The van der Waals surface area contributed by atoms with E-state index in [4.69, 9.17) is 0 Å². The highest BCUT2D eigenvalue weighted by molar-refractivity contribution is 5.80. The van der Waals surface area contributed by atoms with Crippen LogP contribution in [0.25, 0.3) is 21.8 Å². The molecule has 0 saturated heterocycles. The minimum absolute atomic E-state index is 0.810. The molecule has 96 valence electrons. The zero-order chi connectivity index (χ0) is 13.6. The molecule has 0 amide bonds. The molecule has 0 aliphatic rings. The summed E-state index contributed by atoms with van der Waals surface area (Å²) in [4.78, 5) is 8.14. The largest absolute Gasteiger partial charge is 0.237 e. The molecular formula is C16H12N4. The van der Waals surface area contributed by atoms with Gasteiger partial charge >= 0.3 is 0 Å². The van der Waals surface area contributed by atoms with Gasteiger partial charge in [-0.25, -0.2) is 9.97 Å². The predicted molar refractivity (Wildman–Crippen MR) is 79.1 cm³/mol. The average molecular weight is 260 g/mol. The second-order valence-corrected chi connectivity index (χ2v) is 4.17. The van der Waals surface area contributed by atoms with Crippen molar-refractivity contribution in [2.24, 2.45) is 0 Å². The van der Waals surface area contributed by atoms with Gasteiger partial charge in [-0.05, 0) is 24.3 Å². The van der Waals surface area contributed by atoms with Crippen molar-refractivity contribution in [1.29, 1.82) is 0 Å². The van der Waals surface area contributed by atoms with Crippen LogP contribution in [-0.4, -0.2) is 20.2 Å². The second kappa shape index (κ2) is 5.84. The molecule has 1 aromatic carbocycles. The molecule has 0 saturated carbocycles. The fraction of sp³-hybridized carbons (Fsp3) is 0. The average Bonchev–Trinajstić information content (AvgIpc) is 2.56. The molecule has 3 aromatic heterocycles. The Morgan fingerprint density at radius 1 is 0.550 bits per heavy atom. The lowest BCUT2D eigenvalue weighted by Gasteiger charge is -1.90. The Kier molecular flexibility index (Phi) is 3.55. The van der Waals surface area contributed by atoms with Crippen molar-refractivity contribution in [2.45, 2.75) is 0 Å². The van der Waals surface area contributed by atoms with Crippen LogP contribution in [0.2, 0.25) is 0 Å². The number of hydrogen-bond acceptors (Lipinski definition) is 4. The first-order chi connectivity index (χ1) is 9.93. The van der Waals surface area contributed by atoms with Crippen LogP contribution in [-0.2, 0) is 0 Å². The third-order valence-electron chi connectivity index (χ3n) is 2.83. The molecule has 0 spiro atoms. The molecular weight excluding hydrogens is 248 g/mol.